The summed E-state index contributed by atoms with van der Waals surface area (Å²) in [6.45, 7) is 7.77. The van der Waals surface area contributed by atoms with Crippen molar-refractivity contribution >= 4 is 11.9 Å². The molecule has 2 heterocycles. The molecule has 7 heteroatoms. The molecule has 1 aromatic heterocycles. The van der Waals surface area contributed by atoms with E-state index in [4.69, 9.17) is 14.6 Å². The molecular formula is C31H38N2O5. The van der Waals surface area contributed by atoms with Crippen molar-refractivity contribution in [2.24, 2.45) is 28.6 Å². The fourth-order valence-corrected chi connectivity index (χ4v) is 9.61. The number of Topliss-reactive ketones (excluding diaryl/α,β-unsaturated/α-hetero) is 1. The zero-order valence-corrected chi connectivity index (χ0v) is 22.7. The van der Waals surface area contributed by atoms with Gasteiger partial charge in [0.15, 0.2) is 17.7 Å². The van der Waals surface area contributed by atoms with E-state index in [-0.39, 0.29) is 35.1 Å². The molecule has 0 bridgehead atoms. The summed E-state index contributed by atoms with van der Waals surface area (Å²) in [6, 6.07) is 8.46. The van der Waals surface area contributed by atoms with E-state index in [1.165, 1.54) is 16.7 Å². The van der Waals surface area contributed by atoms with E-state index in [1.54, 1.807) is 0 Å². The Morgan fingerprint density at radius 2 is 2.00 bits per heavy atom. The van der Waals surface area contributed by atoms with E-state index in [0.29, 0.717) is 6.42 Å². The second kappa shape index (κ2) is 8.10. The molecule has 5 aliphatic rings. The molecule has 3 saturated carbocycles. The molecule has 9 atom stereocenters. The van der Waals surface area contributed by atoms with Gasteiger partial charge in [-0.1, -0.05) is 37.1 Å². The number of aryl methyl sites for hydroxylation is 1. The lowest BCUT2D eigenvalue weighted by Gasteiger charge is -2.60. The number of ether oxygens (including phenoxy) is 2. The highest BCUT2D eigenvalue weighted by Gasteiger charge is 2.75. The number of carbonyl (C=O) groups is 1. The number of nitrogens with zero attached hydrogens (tertiary/aromatic N) is 2. The maximum absolute atomic E-state index is 13.3. The summed E-state index contributed by atoms with van der Waals surface area (Å²) < 4.78 is 14.5. The van der Waals surface area contributed by atoms with Crippen LogP contribution in [0.25, 0.3) is 11.8 Å². The molecule has 4 aliphatic carbocycles. The smallest absolute Gasteiger partial charge is 0.193 e. The quantitative estimate of drug-likeness (QED) is 0.638. The fourth-order valence-electron chi connectivity index (χ4n) is 9.61. The summed E-state index contributed by atoms with van der Waals surface area (Å²) in [5.41, 5.74) is 4.08. The molecule has 1 unspecified atom stereocenters. The van der Waals surface area contributed by atoms with E-state index in [0.717, 1.165) is 37.1 Å². The van der Waals surface area contributed by atoms with E-state index >= 15 is 0 Å². The first-order chi connectivity index (χ1) is 18.1. The second-order valence-electron chi connectivity index (χ2n) is 13.0. The predicted molar refractivity (Wildman–Crippen MR) is 141 cm³/mol. The van der Waals surface area contributed by atoms with Crippen LogP contribution in [0.15, 0.2) is 36.0 Å². The van der Waals surface area contributed by atoms with Gasteiger partial charge in [-0.15, -0.1) is 0 Å². The van der Waals surface area contributed by atoms with Crippen LogP contribution in [0.1, 0.15) is 63.3 Å². The highest BCUT2D eigenvalue weighted by atomic mass is 16.7. The molecule has 2 N–H and O–H groups in total. The molecule has 1 aromatic carbocycles. The predicted octanol–water partition coefficient (Wildman–Crippen LogP) is 4.01. The van der Waals surface area contributed by atoms with Gasteiger partial charge in [-0.2, -0.15) is 5.10 Å². The SMILES string of the molecule is Cc1ccc(-n2ncc3c2C=C2CC[C@@H]4[C@H]([C@@H](O)C[C@@]5(C)[C@H]4C[C@H]4OC(C)O[C@]45C(=O)CO)[C@@]2(C)C3)cc1. The Labute approximate surface area is 223 Å². The minimum absolute atomic E-state index is 0.0778. The number of fused-ring (bicyclic) bond motifs is 8. The molecule has 38 heavy (non-hydrogen) atoms. The number of ketones is 1. The number of aliphatic hydroxyl groups excluding tert-OH is 2. The van der Waals surface area contributed by atoms with Crippen molar-refractivity contribution in [2.75, 3.05) is 6.61 Å². The van der Waals surface area contributed by atoms with E-state index in [9.17, 15) is 15.0 Å². The van der Waals surface area contributed by atoms with Crippen molar-refractivity contribution in [3.8, 4) is 5.69 Å². The number of allylic oxidation sites excluding steroid dienone is 1. The largest absolute Gasteiger partial charge is 0.393 e. The summed E-state index contributed by atoms with van der Waals surface area (Å²) in [4.78, 5) is 13.3. The fraction of sp³-hybridized carbons (Fsp3) is 0.613. The lowest BCUT2D eigenvalue weighted by Crippen LogP contribution is -2.63. The highest BCUT2D eigenvalue weighted by molar-refractivity contribution is 5.91. The van der Waals surface area contributed by atoms with Crippen LogP contribution in [0.5, 0.6) is 0 Å². The van der Waals surface area contributed by atoms with E-state index < -0.39 is 30.0 Å². The van der Waals surface area contributed by atoms with Gasteiger partial charge in [0.25, 0.3) is 0 Å². The Morgan fingerprint density at radius 3 is 2.74 bits per heavy atom. The highest BCUT2D eigenvalue weighted by Crippen LogP contribution is 2.70. The van der Waals surface area contributed by atoms with Gasteiger partial charge in [0.1, 0.15) is 6.61 Å². The number of aromatic nitrogens is 2. The van der Waals surface area contributed by atoms with Crippen molar-refractivity contribution in [3.05, 3.63) is 52.9 Å². The van der Waals surface area contributed by atoms with Crippen molar-refractivity contribution in [1.29, 1.82) is 0 Å². The van der Waals surface area contributed by atoms with Crippen LogP contribution in [-0.2, 0) is 20.7 Å². The molecule has 4 fully saturated rings. The summed E-state index contributed by atoms with van der Waals surface area (Å²) >= 11 is 0. The summed E-state index contributed by atoms with van der Waals surface area (Å²) in [5, 5.41) is 26.6. The maximum atomic E-state index is 13.3. The van der Waals surface area contributed by atoms with Gasteiger partial charge >= 0.3 is 0 Å². The topological polar surface area (TPSA) is 93.8 Å². The van der Waals surface area contributed by atoms with Gasteiger partial charge < -0.3 is 19.7 Å². The van der Waals surface area contributed by atoms with E-state index in [1.807, 2.05) is 17.8 Å². The molecule has 0 radical (unpaired) electrons. The van der Waals surface area contributed by atoms with Crippen molar-refractivity contribution in [1.82, 2.24) is 9.78 Å². The minimum Gasteiger partial charge on any atom is -0.393 e. The average Bonchev–Trinajstić information content (AvgIpc) is 3.51. The standard InChI is InChI=1S/C31H38N2O5/c1-17-5-8-21(9-6-17)33-24-11-20-7-10-22-23-12-27-31(26(36)16-34,38-18(2)37-27)30(23,4)14-25(35)28(22)29(20,3)13-19(24)15-32-33/h5-6,8-9,11,15,18,22-23,25,27-28,34-35H,7,10,12-14,16H2,1-4H3/t18?,22-,23-,25-,27+,28+,29-,30-,31+/m0/s1. The zero-order valence-electron chi connectivity index (χ0n) is 22.7. The first kappa shape index (κ1) is 24.7. The number of hydrogen-bond donors (Lipinski definition) is 2. The Balaban J connectivity index is 1.26. The van der Waals surface area contributed by atoms with Gasteiger partial charge in [-0.3, -0.25) is 4.79 Å². The first-order valence-electron chi connectivity index (χ1n) is 14.1. The first-order valence-corrected chi connectivity index (χ1v) is 14.1. The Bertz CT molecular complexity index is 1330. The van der Waals surface area contributed by atoms with Crippen LogP contribution in [0.2, 0.25) is 0 Å². The number of benzene rings is 1. The number of aliphatic hydroxyl groups is 2. The van der Waals surface area contributed by atoms with Gasteiger partial charge in [-0.25, -0.2) is 4.68 Å². The molecule has 7 nitrogen and oxygen atoms in total. The van der Waals surface area contributed by atoms with Gasteiger partial charge in [0, 0.05) is 5.41 Å². The van der Waals surface area contributed by atoms with E-state index in [2.05, 4.69) is 51.1 Å². The number of rotatable bonds is 3. The molecule has 202 valence electrons. The van der Waals surface area contributed by atoms with Crippen LogP contribution in [0, 0.1) is 35.5 Å². The van der Waals surface area contributed by atoms with Crippen molar-refractivity contribution < 1.29 is 24.5 Å². The molecule has 1 saturated heterocycles. The Morgan fingerprint density at radius 1 is 1.24 bits per heavy atom. The van der Waals surface area contributed by atoms with Crippen LogP contribution >= 0.6 is 0 Å². The molecule has 0 amide bonds. The minimum atomic E-state index is -1.19. The summed E-state index contributed by atoms with van der Waals surface area (Å²) in [5.74, 6) is 0.194. The third-order valence-electron chi connectivity index (χ3n) is 11.1. The number of hydrogen-bond acceptors (Lipinski definition) is 6. The van der Waals surface area contributed by atoms with Crippen LogP contribution in [-0.4, -0.2) is 56.5 Å². The number of carbonyl (C=O) groups excluding carboxylic acids is 1. The average molecular weight is 519 g/mol. The monoisotopic (exact) mass is 518 g/mol. The third kappa shape index (κ3) is 2.99. The summed E-state index contributed by atoms with van der Waals surface area (Å²) in [6.07, 6.45) is 6.83. The van der Waals surface area contributed by atoms with Crippen LogP contribution in [0.4, 0.5) is 0 Å². The van der Waals surface area contributed by atoms with Gasteiger partial charge in [0.2, 0.25) is 0 Å². The van der Waals surface area contributed by atoms with Crippen LogP contribution < -0.4 is 0 Å². The summed E-state index contributed by atoms with van der Waals surface area (Å²) in [7, 11) is 0. The Hall–Kier alpha value is -2.32. The van der Waals surface area contributed by atoms with Gasteiger partial charge in [-0.05, 0) is 92.9 Å². The zero-order chi connectivity index (χ0) is 26.6. The van der Waals surface area contributed by atoms with Gasteiger partial charge in [0.05, 0.1) is 29.8 Å². The van der Waals surface area contributed by atoms with Crippen molar-refractivity contribution in [2.45, 2.75) is 83.9 Å². The molecule has 7 rings (SSSR count). The Kier molecular flexibility index (Phi) is 5.27. The molecule has 1 aliphatic heterocycles. The molecular weight excluding hydrogens is 480 g/mol. The molecule has 0 spiro atoms. The maximum Gasteiger partial charge on any atom is 0.193 e. The third-order valence-corrected chi connectivity index (χ3v) is 11.1. The lowest BCUT2D eigenvalue weighted by atomic mass is 9.45. The molecule has 2 aromatic rings. The lowest BCUT2D eigenvalue weighted by molar-refractivity contribution is -0.199. The van der Waals surface area contributed by atoms with Crippen LogP contribution in [0.3, 0.4) is 0 Å². The second-order valence-corrected chi connectivity index (χ2v) is 13.0. The van der Waals surface area contributed by atoms with Crippen molar-refractivity contribution in [3.63, 3.8) is 0 Å². The normalized spacial score (nSPS) is 42.9.